The van der Waals surface area contributed by atoms with Crippen molar-refractivity contribution in [3.63, 3.8) is 0 Å². The molecule has 3 aromatic carbocycles. The molecule has 0 spiro atoms. The van der Waals surface area contributed by atoms with Gasteiger partial charge in [0.2, 0.25) is 12.4 Å². The van der Waals surface area contributed by atoms with Crippen LogP contribution in [0.5, 0.6) is 0 Å². The molecule has 0 amide bonds. The number of fused-ring (bicyclic) bond motifs is 3. The van der Waals surface area contributed by atoms with Crippen LogP contribution in [0.2, 0.25) is 0 Å². The van der Waals surface area contributed by atoms with Crippen LogP contribution in [0.4, 0.5) is 0 Å². The van der Waals surface area contributed by atoms with E-state index in [4.69, 9.17) is 0 Å². The summed E-state index contributed by atoms with van der Waals surface area (Å²) >= 11 is 0. The third-order valence-electron chi connectivity index (χ3n) is 4.50. The first-order valence-corrected chi connectivity index (χ1v) is 8.03. The van der Waals surface area contributed by atoms with Crippen molar-refractivity contribution in [2.24, 2.45) is 0 Å². The molecule has 4 aromatic rings. The first-order chi connectivity index (χ1) is 12.1. The van der Waals surface area contributed by atoms with Gasteiger partial charge in [0.1, 0.15) is 0 Å². The predicted octanol–water partition coefficient (Wildman–Crippen LogP) is 3.30. The zero-order valence-corrected chi connectivity index (χ0v) is 13.4. The fourth-order valence-electron chi connectivity index (χ4n) is 3.31. The van der Waals surface area contributed by atoms with Gasteiger partial charge in [0.15, 0.2) is 11.0 Å². The highest BCUT2D eigenvalue weighted by Crippen LogP contribution is 2.26. The summed E-state index contributed by atoms with van der Waals surface area (Å²) < 4.78 is 2.32. The van der Waals surface area contributed by atoms with Gasteiger partial charge in [0.25, 0.3) is 0 Å². The van der Waals surface area contributed by atoms with Crippen molar-refractivity contribution in [3.8, 4) is 0 Å². The zero-order chi connectivity index (χ0) is 17.4. The van der Waals surface area contributed by atoms with E-state index in [0.29, 0.717) is 17.5 Å². The van der Waals surface area contributed by atoms with E-state index in [1.54, 1.807) is 4.57 Å². The maximum atomic E-state index is 12.5. The van der Waals surface area contributed by atoms with Gasteiger partial charge in [-0.3, -0.25) is 0 Å². The lowest BCUT2D eigenvalue weighted by molar-refractivity contribution is -0.577. The minimum absolute atomic E-state index is 0.312. The Morgan fingerprint density at radius 3 is 2.52 bits per heavy atom. The monoisotopic (exact) mass is 332 g/mol. The maximum absolute atomic E-state index is 12.5. The lowest BCUT2D eigenvalue weighted by Crippen LogP contribution is -2.26. The fourth-order valence-corrected chi connectivity index (χ4v) is 3.31. The summed E-state index contributed by atoms with van der Waals surface area (Å²) in [4.78, 5) is 11.9. The van der Waals surface area contributed by atoms with Gasteiger partial charge < -0.3 is 10.3 Å². The highest BCUT2D eigenvalue weighted by Gasteiger charge is 2.28. The number of nitrogens with zero attached hydrogens (tertiary/aromatic N) is 2. The Balaban J connectivity index is 1.89. The molecule has 0 bridgehead atoms. The quantitative estimate of drug-likeness (QED) is 0.460. The van der Waals surface area contributed by atoms with Crippen molar-refractivity contribution in [2.45, 2.75) is 12.5 Å². The highest BCUT2D eigenvalue weighted by atomic mass is 16.5. The normalized spacial score (nSPS) is 12.5. The summed E-state index contributed by atoms with van der Waals surface area (Å²) in [5.41, 5.74) is 2.03. The molecule has 0 saturated heterocycles. The fraction of sp³-hybridized carbons (Fsp3) is 0.100. The summed E-state index contributed by atoms with van der Waals surface area (Å²) in [5, 5.41) is 24.0. The summed E-state index contributed by atoms with van der Waals surface area (Å²) in [5.74, 6) is -0.963. The van der Waals surface area contributed by atoms with Crippen LogP contribution in [0.25, 0.3) is 21.8 Å². The van der Waals surface area contributed by atoms with Crippen molar-refractivity contribution in [1.29, 1.82) is 0 Å². The molecule has 5 nitrogen and oxygen atoms in total. The standard InChI is InChI=1S/C20H16N2O3/c23-20(24)18(12-14-6-2-1-3-7-14)21-13-22(25)19-16-9-5-4-8-15(16)10-11-17(19)21/h1-11,13,18H,12H2,(H,23,24). The number of benzene rings is 3. The Hall–Kier alpha value is -3.34. The van der Waals surface area contributed by atoms with Crippen LogP contribution in [0, 0.1) is 5.21 Å². The third-order valence-corrected chi connectivity index (χ3v) is 4.50. The molecule has 0 radical (unpaired) electrons. The molecular weight excluding hydrogens is 316 g/mol. The zero-order valence-electron chi connectivity index (χ0n) is 13.4. The molecule has 5 heteroatoms. The van der Waals surface area contributed by atoms with Crippen LogP contribution in [0.3, 0.4) is 0 Å². The third kappa shape index (κ3) is 2.59. The average molecular weight is 332 g/mol. The molecule has 0 fully saturated rings. The first-order valence-electron chi connectivity index (χ1n) is 8.03. The van der Waals surface area contributed by atoms with E-state index in [0.717, 1.165) is 21.1 Å². The lowest BCUT2D eigenvalue weighted by atomic mass is 10.1. The first kappa shape index (κ1) is 15.2. The number of hydrogen-bond acceptors (Lipinski definition) is 2. The second kappa shape index (κ2) is 5.94. The number of carboxylic acid groups (broad SMARTS) is 1. The number of hydrogen-bond donors (Lipinski definition) is 1. The Morgan fingerprint density at radius 2 is 1.76 bits per heavy atom. The van der Waals surface area contributed by atoms with E-state index in [9.17, 15) is 15.1 Å². The molecule has 1 N–H and O–H groups in total. The number of carboxylic acids is 1. The van der Waals surface area contributed by atoms with Crippen LogP contribution >= 0.6 is 0 Å². The maximum Gasteiger partial charge on any atom is 0.349 e. The van der Waals surface area contributed by atoms with Gasteiger partial charge in [-0.2, -0.15) is 0 Å². The average Bonchev–Trinajstić information content (AvgIpc) is 2.97. The van der Waals surface area contributed by atoms with Crippen molar-refractivity contribution < 1.29 is 14.6 Å². The molecule has 0 aliphatic carbocycles. The molecule has 1 atom stereocenters. The predicted molar refractivity (Wildman–Crippen MR) is 95.2 cm³/mol. The smallest absolute Gasteiger partial charge is 0.349 e. The molecule has 1 unspecified atom stereocenters. The van der Waals surface area contributed by atoms with Crippen molar-refractivity contribution in [2.75, 3.05) is 0 Å². The summed E-state index contributed by atoms with van der Waals surface area (Å²) in [7, 11) is 0. The van der Waals surface area contributed by atoms with E-state index in [1.807, 2.05) is 66.7 Å². The van der Waals surface area contributed by atoms with Crippen molar-refractivity contribution >= 4 is 27.8 Å². The van der Waals surface area contributed by atoms with Crippen LogP contribution in [0.15, 0.2) is 73.1 Å². The van der Waals surface area contributed by atoms with Gasteiger partial charge in [-0.05, 0) is 29.1 Å². The van der Waals surface area contributed by atoms with Crippen LogP contribution < -0.4 is 4.73 Å². The Bertz CT molecular complexity index is 1070. The van der Waals surface area contributed by atoms with Crippen LogP contribution in [0.1, 0.15) is 11.6 Å². The minimum Gasteiger partial charge on any atom is -0.710 e. The molecule has 1 heterocycles. The summed E-state index contributed by atoms with van der Waals surface area (Å²) in [6.45, 7) is 0. The lowest BCUT2D eigenvalue weighted by Gasteiger charge is -2.10. The molecular formula is C20H16N2O3. The van der Waals surface area contributed by atoms with Crippen LogP contribution in [-0.2, 0) is 11.2 Å². The second-order valence-electron chi connectivity index (χ2n) is 6.05. The largest absolute Gasteiger partial charge is 0.710 e. The Morgan fingerprint density at radius 1 is 1.04 bits per heavy atom. The number of aromatic nitrogens is 2. The van der Waals surface area contributed by atoms with Crippen molar-refractivity contribution in [1.82, 2.24) is 4.57 Å². The number of aliphatic carboxylic acids is 1. The Labute approximate surface area is 143 Å². The van der Waals surface area contributed by atoms with Gasteiger partial charge in [0, 0.05) is 11.8 Å². The summed E-state index contributed by atoms with van der Waals surface area (Å²) in [6, 6.07) is 19.9. The van der Waals surface area contributed by atoms with Gasteiger partial charge in [-0.25, -0.2) is 14.1 Å². The molecule has 0 saturated carbocycles. The molecule has 4 rings (SSSR count). The van der Waals surface area contributed by atoms with Gasteiger partial charge in [-0.1, -0.05) is 48.5 Å². The van der Waals surface area contributed by atoms with E-state index >= 15 is 0 Å². The second-order valence-corrected chi connectivity index (χ2v) is 6.05. The Kier molecular flexibility index (Phi) is 3.61. The highest BCUT2D eigenvalue weighted by molar-refractivity contribution is 6.02. The van der Waals surface area contributed by atoms with Gasteiger partial charge >= 0.3 is 5.97 Å². The molecule has 1 aromatic heterocycles. The topological polar surface area (TPSA) is 69.2 Å². The van der Waals surface area contributed by atoms with E-state index in [-0.39, 0.29) is 0 Å². The SMILES string of the molecule is O=C(O)C(Cc1ccccc1)n1c[n+]([O-])c2c3ccccc3ccc21. The molecule has 25 heavy (non-hydrogen) atoms. The van der Waals surface area contributed by atoms with E-state index in [2.05, 4.69) is 0 Å². The van der Waals surface area contributed by atoms with Gasteiger partial charge in [0.05, 0.1) is 0 Å². The number of carbonyl (C=O) groups is 1. The summed E-state index contributed by atoms with van der Waals surface area (Å²) in [6.07, 6.45) is 1.64. The van der Waals surface area contributed by atoms with Gasteiger partial charge in [-0.15, -0.1) is 0 Å². The molecule has 124 valence electrons. The number of imidazole rings is 1. The molecule has 0 aliphatic heterocycles. The van der Waals surface area contributed by atoms with E-state index in [1.165, 1.54) is 6.33 Å². The number of rotatable bonds is 4. The van der Waals surface area contributed by atoms with Crippen LogP contribution in [-0.4, -0.2) is 15.6 Å². The minimum atomic E-state index is -0.963. The van der Waals surface area contributed by atoms with E-state index < -0.39 is 12.0 Å². The van der Waals surface area contributed by atoms with Crippen molar-refractivity contribution in [3.05, 3.63) is 83.8 Å². The molecule has 0 aliphatic rings.